The van der Waals surface area contributed by atoms with Crippen LogP contribution in [0.4, 0.5) is 10.5 Å². The maximum Gasteiger partial charge on any atom is 0.325 e. The van der Waals surface area contributed by atoms with Crippen molar-refractivity contribution >= 4 is 33.6 Å². The van der Waals surface area contributed by atoms with Crippen LogP contribution in [-0.4, -0.2) is 23.1 Å². The van der Waals surface area contributed by atoms with E-state index in [4.69, 9.17) is 10.4 Å². The number of carbonyl (C=O) groups excluding carboxylic acids is 1. The minimum atomic E-state index is -1.12. The van der Waals surface area contributed by atoms with Gasteiger partial charge in [0.15, 0.2) is 0 Å². The lowest BCUT2D eigenvalue weighted by Gasteiger charge is -2.11. The quantitative estimate of drug-likeness (QED) is 0.793. The van der Waals surface area contributed by atoms with Gasteiger partial charge < -0.3 is 15.7 Å². The Balaban J connectivity index is 2.71. The maximum atomic E-state index is 11.5. The lowest BCUT2D eigenvalue weighted by atomic mass is 10.2. The van der Waals surface area contributed by atoms with Gasteiger partial charge in [-0.05, 0) is 41.1 Å². The van der Waals surface area contributed by atoms with E-state index >= 15 is 0 Å². The van der Waals surface area contributed by atoms with Crippen LogP contribution in [-0.2, 0) is 4.79 Å². The van der Waals surface area contributed by atoms with Gasteiger partial charge in [0.1, 0.15) is 6.04 Å². The molecule has 0 aliphatic heterocycles. The molecule has 0 saturated carbocycles. The normalized spacial score (nSPS) is 11.2. The molecule has 0 aliphatic rings. The highest BCUT2D eigenvalue weighted by Crippen LogP contribution is 2.23. The second-order valence-electron chi connectivity index (χ2n) is 3.46. The predicted octanol–water partition coefficient (Wildman–Crippen LogP) is 1.92. The van der Waals surface area contributed by atoms with Gasteiger partial charge in [-0.2, -0.15) is 5.26 Å². The molecule has 3 N–H and O–H groups in total. The molecule has 0 bridgehead atoms. The first kappa shape index (κ1) is 14.0. The van der Waals surface area contributed by atoms with Crippen molar-refractivity contribution in [3.63, 3.8) is 0 Å². The third-order valence-corrected chi connectivity index (χ3v) is 2.72. The van der Waals surface area contributed by atoms with Gasteiger partial charge in [0.2, 0.25) is 0 Å². The van der Waals surface area contributed by atoms with E-state index in [9.17, 15) is 9.59 Å². The lowest BCUT2D eigenvalue weighted by molar-refractivity contribution is -0.138. The highest BCUT2D eigenvalue weighted by Gasteiger charge is 2.14. The molecule has 7 heteroatoms. The number of hydrogen-bond donors (Lipinski definition) is 3. The topological polar surface area (TPSA) is 102 Å². The fourth-order valence-corrected chi connectivity index (χ4v) is 1.58. The number of rotatable bonds is 3. The number of carboxylic acid groups (broad SMARTS) is 1. The summed E-state index contributed by atoms with van der Waals surface area (Å²) in [7, 11) is 0. The molecule has 1 aromatic carbocycles. The Labute approximate surface area is 112 Å². The molecule has 1 rings (SSSR count). The zero-order valence-corrected chi connectivity index (χ0v) is 11.0. The Morgan fingerprint density at radius 1 is 1.50 bits per heavy atom. The van der Waals surface area contributed by atoms with Gasteiger partial charge in [0, 0.05) is 4.47 Å². The number of nitriles is 1. The Kier molecular flexibility index (Phi) is 4.68. The SMILES string of the molecule is C[C@H](NC(=O)Nc1ccc(C#N)cc1Br)C(=O)O. The first-order valence-electron chi connectivity index (χ1n) is 4.94. The zero-order valence-electron chi connectivity index (χ0n) is 9.40. The Morgan fingerprint density at radius 3 is 2.67 bits per heavy atom. The molecule has 94 valence electrons. The highest BCUT2D eigenvalue weighted by molar-refractivity contribution is 9.10. The smallest absolute Gasteiger partial charge is 0.325 e. The van der Waals surface area contributed by atoms with Crippen molar-refractivity contribution in [2.45, 2.75) is 13.0 Å². The number of carbonyl (C=O) groups is 2. The predicted molar refractivity (Wildman–Crippen MR) is 68.1 cm³/mol. The third-order valence-electron chi connectivity index (χ3n) is 2.06. The number of nitrogens with zero attached hydrogens (tertiary/aromatic N) is 1. The Morgan fingerprint density at radius 2 is 2.17 bits per heavy atom. The molecule has 0 radical (unpaired) electrons. The summed E-state index contributed by atoms with van der Waals surface area (Å²) < 4.78 is 0.541. The third kappa shape index (κ3) is 3.75. The van der Waals surface area contributed by atoms with Crippen molar-refractivity contribution in [1.29, 1.82) is 5.26 Å². The minimum Gasteiger partial charge on any atom is -0.480 e. The first-order valence-corrected chi connectivity index (χ1v) is 5.73. The summed E-state index contributed by atoms with van der Waals surface area (Å²) in [5.74, 6) is -1.12. The molecule has 2 amide bonds. The number of halogens is 1. The molecule has 0 fully saturated rings. The number of hydrogen-bond acceptors (Lipinski definition) is 3. The van der Waals surface area contributed by atoms with Gasteiger partial charge in [-0.3, -0.25) is 4.79 Å². The average Bonchev–Trinajstić information content (AvgIpc) is 2.31. The summed E-state index contributed by atoms with van der Waals surface area (Å²) in [6.07, 6.45) is 0. The van der Waals surface area contributed by atoms with Gasteiger partial charge in [-0.1, -0.05) is 0 Å². The number of aliphatic carboxylic acids is 1. The Bertz CT molecular complexity index is 525. The van der Waals surface area contributed by atoms with Crippen LogP contribution in [0.3, 0.4) is 0 Å². The van der Waals surface area contributed by atoms with Gasteiger partial charge >= 0.3 is 12.0 Å². The standard InChI is InChI=1S/C11H10BrN3O3/c1-6(10(16)17)14-11(18)15-9-3-2-7(5-13)4-8(9)12/h2-4,6H,1H3,(H,16,17)(H2,14,15,18)/t6-/m0/s1. The molecule has 0 aliphatic carbocycles. The molecule has 0 saturated heterocycles. The van der Waals surface area contributed by atoms with Gasteiger partial charge in [-0.25, -0.2) is 4.79 Å². The number of nitrogens with one attached hydrogen (secondary N) is 2. The molecule has 1 aromatic rings. The lowest BCUT2D eigenvalue weighted by Crippen LogP contribution is -2.40. The molecule has 0 spiro atoms. The summed E-state index contributed by atoms with van der Waals surface area (Å²) in [5, 5.41) is 22.0. The number of amides is 2. The summed E-state index contributed by atoms with van der Waals surface area (Å²) >= 11 is 3.20. The van der Waals surface area contributed by atoms with Gasteiger partial charge in [0.05, 0.1) is 17.3 Å². The van der Waals surface area contributed by atoms with E-state index in [1.54, 1.807) is 18.2 Å². The van der Waals surface area contributed by atoms with Crippen LogP contribution < -0.4 is 10.6 Å². The van der Waals surface area contributed by atoms with Gasteiger partial charge in [-0.15, -0.1) is 0 Å². The van der Waals surface area contributed by atoms with Crippen LogP contribution in [0.15, 0.2) is 22.7 Å². The fourth-order valence-electron chi connectivity index (χ4n) is 1.10. The summed E-state index contributed by atoms with van der Waals surface area (Å²) in [4.78, 5) is 22.0. The van der Waals surface area contributed by atoms with Crippen LogP contribution in [0.1, 0.15) is 12.5 Å². The molecular weight excluding hydrogens is 302 g/mol. The summed E-state index contributed by atoms with van der Waals surface area (Å²) in [5.41, 5.74) is 0.899. The van der Waals surface area contributed by atoms with Crippen molar-refractivity contribution in [1.82, 2.24) is 5.32 Å². The summed E-state index contributed by atoms with van der Waals surface area (Å²) in [6.45, 7) is 1.36. The maximum absolute atomic E-state index is 11.5. The molecule has 18 heavy (non-hydrogen) atoms. The van der Waals surface area contributed by atoms with Crippen molar-refractivity contribution in [2.75, 3.05) is 5.32 Å². The molecule has 0 unspecified atom stereocenters. The molecule has 0 heterocycles. The molecular formula is C11H10BrN3O3. The van der Waals surface area contributed by atoms with Gasteiger partial charge in [0.25, 0.3) is 0 Å². The monoisotopic (exact) mass is 311 g/mol. The first-order chi connectivity index (χ1) is 8.43. The van der Waals surface area contributed by atoms with Crippen molar-refractivity contribution in [3.8, 4) is 6.07 Å². The second kappa shape index (κ2) is 6.02. The summed E-state index contributed by atoms with van der Waals surface area (Å²) in [6, 6.07) is 4.99. The fraction of sp³-hybridized carbons (Fsp3) is 0.182. The van der Waals surface area contributed by atoms with Crippen molar-refractivity contribution < 1.29 is 14.7 Å². The number of anilines is 1. The molecule has 1 atom stereocenters. The minimum absolute atomic E-state index is 0.448. The zero-order chi connectivity index (χ0) is 13.7. The van der Waals surface area contributed by atoms with E-state index < -0.39 is 18.0 Å². The van der Waals surface area contributed by atoms with Crippen LogP contribution in [0.2, 0.25) is 0 Å². The highest BCUT2D eigenvalue weighted by atomic mass is 79.9. The molecule has 0 aromatic heterocycles. The number of benzene rings is 1. The largest absolute Gasteiger partial charge is 0.480 e. The van der Waals surface area contributed by atoms with Crippen LogP contribution in [0.25, 0.3) is 0 Å². The van der Waals surface area contributed by atoms with Crippen LogP contribution in [0.5, 0.6) is 0 Å². The second-order valence-corrected chi connectivity index (χ2v) is 4.32. The van der Waals surface area contributed by atoms with E-state index in [-0.39, 0.29) is 0 Å². The Hall–Kier alpha value is -2.07. The van der Waals surface area contributed by atoms with Crippen LogP contribution >= 0.6 is 15.9 Å². The van der Waals surface area contributed by atoms with Crippen molar-refractivity contribution in [2.24, 2.45) is 0 Å². The average molecular weight is 312 g/mol. The van der Waals surface area contributed by atoms with E-state index in [0.29, 0.717) is 15.7 Å². The number of urea groups is 1. The van der Waals surface area contributed by atoms with E-state index in [1.165, 1.54) is 6.92 Å². The van der Waals surface area contributed by atoms with Crippen LogP contribution in [0, 0.1) is 11.3 Å². The van der Waals surface area contributed by atoms with E-state index in [1.807, 2.05) is 6.07 Å². The van der Waals surface area contributed by atoms with E-state index in [0.717, 1.165) is 0 Å². The molecule has 6 nitrogen and oxygen atoms in total. The van der Waals surface area contributed by atoms with Crippen molar-refractivity contribution in [3.05, 3.63) is 28.2 Å². The number of carboxylic acids is 1. The van der Waals surface area contributed by atoms with E-state index in [2.05, 4.69) is 26.6 Å².